The average Bonchev–Trinajstić information content (AvgIpc) is 2.65. The van der Waals surface area contributed by atoms with Crippen LogP contribution in [0.4, 0.5) is 0 Å². The van der Waals surface area contributed by atoms with Crippen molar-refractivity contribution in [2.24, 2.45) is 0 Å². The van der Waals surface area contributed by atoms with Gasteiger partial charge in [0.05, 0.1) is 13.2 Å². The second kappa shape index (κ2) is 10.3. The number of amides is 1. The Hall–Kier alpha value is -2.69. The number of benzene rings is 2. The standard InChI is InChI=1S/C21H27NO4/c1-3-12-25-19-9-8-17(15-20(19)26-13-4-2)21(24)22-11-10-16-6-5-7-18(23)14-16/h5-9,14-15,23H,3-4,10-13H2,1-2H3,(H,22,24). The second-order valence-electron chi connectivity index (χ2n) is 6.03. The van der Waals surface area contributed by atoms with Crippen LogP contribution in [0.1, 0.15) is 42.6 Å². The number of ether oxygens (including phenoxy) is 2. The van der Waals surface area contributed by atoms with E-state index in [9.17, 15) is 9.90 Å². The molecular formula is C21H27NO4. The fraction of sp³-hybridized carbons (Fsp3) is 0.381. The van der Waals surface area contributed by atoms with Crippen LogP contribution in [0.3, 0.4) is 0 Å². The molecule has 0 atom stereocenters. The van der Waals surface area contributed by atoms with E-state index < -0.39 is 0 Å². The lowest BCUT2D eigenvalue weighted by Gasteiger charge is -2.13. The summed E-state index contributed by atoms with van der Waals surface area (Å²) in [6.07, 6.45) is 2.44. The first-order valence-corrected chi connectivity index (χ1v) is 9.09. The first-order valence-electron chi connectivity index (χ1n) is 9.09. The van der Waals surface area contributed by atoms with E-state index in [0.717, 1.165) is 18.4 Å². The molecule has 2 aromatic rings. The summed E-state index contributed by atoms with van der Waals surface area (Å²) in [6.45, 7) is 5.75. The SMILES string of the molecule is CCCOc1ccc(C(=O)NCCc2cccc(O)c2)cc1OCCC. The van der Waals surface area contributed by atoms with Gasteiger partial charge in [-0.05, 0) is 55.2 Å². The highest BCUT2D eigenvalue weighted by atomic mass is 16.5. The van der Waals surface area contributed by atoms with E-state index in [0.29, 0.717) is 43.2 Å². The molecule has 2 aromatic carbocycles. The van der Waals surface area contributed by atoms with E-state index in [-0.39, 0.29) is 11.7 Å². The molecule has 26 heavy (non-hydrogen) atoms. The van der Waals surface area contributed by atoms with Crippen molar-refractivity contribution in [3.05, 3.63) is 53.6 Å². The molecule has 0 aromatic heterocycles. The fourth-order valence-electron chi connectivity index (χ4n) is 2.44. The molecule has 0 saturated carbocycles. The summed E-state index contributed by atoms with van der Waals surface area (Å²) >= 11 is 0. The first kappa shape index (κ1) is 19.6. The van der Waals surface area contributed by atoms with Crippen LogP contribution in [-0.4, -0.2) is 30.8 Å². The maximum Gasteiger partial charge on any atom is 0.251 e. The summed E-state index contributed by atoms with van der Waals surface area (Å²) in [5.74, 6) is 1.33. The van der Waals surface area contributed by atoms with Crippen molar-refractivity contribution in [1.29, 1.82) is 0 Å². The maximum atomic E-state index is 12.4. The van der Waals surface area contributed by atoms with Gasteiger partial charge in [-0.2, -0.15) is 0 Å². The smallest absolute Gasteiger partial charge is 0.251 e. The van der Waals surface area contributed by atoms with Crippen molar-refractivity contribution in [2.75, 3.05) is 19.8 Å². The summed E-state index contributed by atoms with van der Waals surface area (Å²) in [7, 11) is 0. The van der Waals surface area contributed by atoms with Crippen LogP contribution < -0.4 is 14.8 Å². The Kier molecular flexibility index (Phi) is 7.80. The average molecular weight is 357 g/mol. The zero-order chi connectivity index (χ0) is 18.8. The van der Waals surface area contributed by atoms with E-state index in [1.807, 2.05) is 19.9 Å². The third-order valence-corrected chi connectivity index (χ3v) is 3.74. The molecule has 0 aliphatic rings. The van der Waals surface area contributed by atoms with E-state index in [1.54, 1.807) is 36.4 Å². The Labute approximate surface area is 155 Å². The Morgan fingerprint density at radius 3 is 2.42 bits per heavy atom. The molecule has 0 fully saturated rings. The zero-order valence-electron chi connectivity index (χ0n) is 15.5. The topological polar surface area (TPSA) is 67.8 Å². The summed E-state index contributed by atoms with van der Waals surface area (Å²) in [4.78, 5) is 12.4. The van der Waals surface area contributed by atoms with Crippen LogP contribution in [0.5, 0.6) is 17.2 Å². The number of hydrogen-bond acceptors (Lipinski definition) is 4. The van der Waals surface area contributed by atoms with Gasteiger partial charge in [-0.15, -0.1) is 0 Å². The largest absolute Gasteiger partial charge is 0.508 e. The lowest BCUT2D eigenvalue weighted by molar-refractivity contribution is 0.0953. The van der Waals surface area contributed by atoms with Crippen LogP contribution in [0.2, 0.25) is 0 Å². The van der Waals surface area contributed by atoms with Crippen LogP contribution in [0.25, 0.3) is 0 Å². The number of carbonyl (C=O) groups is 1. The molecule has 0 radical (unpaired) electrons. The predicted molar refractivity (Wildman–Crippen MR) is 102 cm³/mol. The summed E-state index contributed by atoms with van der Waals surface area (Å²) in [5.41, 5.74) is 1.51. The third kappa shape index (κ3) is 5.99. The van der Waals surface area contributed by atoms with Crippen LogP contribution in [-0.2, 0) is 6.42 Å². The zero-order valence-corrected chi connectivity index (χ0v) is 15.5. The molecule has 5 heteroatoms. The van der Waals surface area contributed by atoms with Gasteiger partial charge in [0.25, 0.3) is 5.91 Å². The van der Waals surface area contributed by atoms with Crippen molar-refractivity contribution in [3.63, 3.8) is 0 Å². The minimum Gasteiger partial charge on any atom is -0.508 e. The normalized spacial score (nSPS) is 10.4. The Morgan fingerprint density at radius 1 is 1.00 bits per heavy atom. The van der Waals surface area contributed by atoms with Crippen molar-refractivity contribution in [3.8, 4) is 17.2 Å². The number of carbonyl (C=O) groups excluding carboxylic acids is 1. The lowest BCUT2D eigenvalue weighted by atomic mass is 10.1. The quantitative estimate of drug-likeness (QED) is 0.676. The number of phenols is 1. The van der Waals surface area contributed by atoms with Crippen LogP contribution >= 0.6 is 0 Å². The molecule has 1 amide bonds. The molecule has 140 valence electrons. The van der Waals surface area contributed by atoms with Crippen LogP contribution in [0.15, 0.2) is 42.5 Å². The summed E-state index contributed by atoms with van der Waals surface area (Å²) in [5, 5.41) is 12.4. The van der Waals surface area contributed by atoms with E-state index in [2.05, 4.69) is 5.32 Å². The van der Waals surface area contributed by atoms with E-state index in [1.165, 1.54) is 0 Å². The number of aromatic hydroxyl groups is 1. The summed E-state index contributed by atoms with van der Waals surface area (Å²) < 4.78 is 11.4. The van der Waals surface area contributed by atoms with Gasteiger partial charge in [-0.1, -0.05) is 26.0 Å². The van der Waals surface area contributed by atoms with Crippen molar-refractivity contribution in [1.82, 2.24) is 5.32 Å². The molecule has 0 bridgehead atoms. The van der Waals surface area contributed by atoms with Gasteiger partial charge in [0, 0.05) is 12.1 Å². The van der Waals surface area contributed by atoms with Gasteiger partial charge in [-0.25, -0.2) is 0 Å². The molecule has 0 aliphatic heterocycles. The van der Waals surface area contributed by atoms with E-state index in [4.69, 9.17) is 9.47 Å². The van der Waals surface area contributed by atoms with Gasteiger partial charge in [0.2, 0.25) is 0 Å². The minimum atomic E-state index is -0.159. The highest BCUT2D eigenvalue weighted by Gasteiger charge is 2.11. The number of hydrogen-bond donors (Lipinski definition) is 2. The van der Waals surface area contributed by atoms with Gasteiger partial charge in [0.15, 0.2) is 11.5 Å². The Bertz CT molecular complexity index is 715. The monoisotopic (exact) mass is 357 g/mol. The molecule has 5 nitrogen and oxygen atoms in total. The second-order valence-corrected chi connectivity index (χ2v) is 6.03. The molecule has 2 N–H and O–H groups in total. The molecule has 0 spiro atoms. The molecule has 0 aliphatic carbocycles. The Balaban J connectivity index is 1.98. The number of phenolic OH excluding ortho intramolecular Hbond substituents is 1. The fourth-order valence-corrected chi connectivity index (χ4v) is 2.44. The van der Waals surface area contributed by atoms with Gasteiger partial charge in [0.1, 0.15) is 5.75 Å². The highest BCUT2D eigenvalue weighted by molar-refractivity contribution is 5.94. The lowest BCUT2D eigenvalue weighted by Crippen LogP contribution is -2.25. The predicted octanol–water partition coefficient (Wildman–Crippen LogP) is 3.94. The molecule has 0 heterocycles. The van der Waals surface area contributed by atoms with Crippen LogP contribution in [0, 0.1) is 0 Å². The number of nitrogens with one attached hydrogen (secondary N) is 1. The molecular weight excluding hydrogens is 330 g/mol. The molecule has 0 unspecified atom stereocenters. The van der Waals surface area contributed by atoms with Crippen molar-refractivity contribution < 1.29 is 19.4 Å². The van der Waals surface area contributed by atoms with Gasteiger partial charge < -0.3 is 19.9 Å². The van der Waals surface area contributed by atoms with Crippen molar-refractivity contribution >= 4 is 5.91 Å². The van der Waals surface area contributed by atoms with E-state index >= 15 is 0 Å². The molecule has 0 saturated heterocycles. The number of rotatable bonds is 10. The first-order chi connectivity index (χ1) is 12.6. The Morgan fingerprint density at radius 2 is 1.73 bits per heavy atom. The van der Waals surface area contributed by atoms with Gasteiger partial charge in [-0.3, -0.25) is 4.79 Å². The van der Waals surface area contributed by atoms with Gasteiger partial charge >= 0.3 is 0 Å². The summed E-state index contributed by atoms with van der Waals surface area (Å²) in [6, 6.07) is 12.3. The third-order valence-electron chi connectivity index (χ3n) is 3.74. The minimum absolute atomic E-state index is 0.159. The van der Waals surface area contributed by atoms with Crippen molar-refractivity contribution in [2.45, 2.75) is 33.1 Å². The molecule has 2 rings (SSSR count). The highest BCUT2D eigenvalue weighted by Crippen LogP contribution is 2.29. The maximum absolute atomic E-state index is 12.4.